The summed E-state index contributed by atoms with van der Waals surface area (Å²) in [5, 5.41) is 12.6. The summed E-state index contributed by atoms with van der Waals surface area (Å²) in [4.78, 5) is 26.8. The summed E-state index contributed by atoms with van der Waals surface area (Å²) in [5.41, 5.74) is -1.91. The van der Waals surface area contributed by atoms with Crippen LogP contribution in [0.1, 0.15) is 50.5 Å². The molecule has 3 rings (SSSR count). The molecule has 1 aliphatic carbocycles. The first-order valence-corrected chi connectivity index (χ1v) is 9.45. The van der Waals surface area contributed by atoms with E-state index >= 15 is 0 Å². The number of hydrogen-bond acceptors (Lipinski definition) is 3. The van der Waals surface area contributed by atoms with Crippen molar-refractivity contribution < 1.29 is 23.5 Å². The van der Waals surface area contributed by atoms with E-state index in [2.05, 4.69) is 5.32 Å². The quantitative estimate of drug-likeness (QED) is 0.824. The van der Waals surface area contributed by atoms with Crippen molar-refractivity contribution in [2.24, 2.45) is 5.41 Å². The number of rotatable bonds is 5. The summed E-state index contributed by atoms with van der Waals surface area (Å²) < 4.78 is 28.2. The number of halogens is 2. The SMILES string of the molecule is CN1CCC(CC(=O)NC2(c3cccc(F)c3F)CCCC2)(C(=O)O)CC1. The molecule has 0 radical (unpaired) electrons. The maximum absolute atomic E-state index is 14.4. The molecule has 7 heteroatoms. The molecule has 1 aromatic carbocycles. The van der Waals surface area contributed by atoms with Gasteiger partial charge in [0.15, 0.2) is 11.6 Å². The molecule has 1 amide bonds. The third-order valence-corrected chi connectivity index (χ3v) is 6.20. The van der Waals surface area contributed by atoms with Crippen LogP contribution < -0.4 is 5.32 Å². The highest BCUT2D eigenvalue weighted by Crippen LogP contribution is 2.41. The summed E-state index contributed by atoms with van der Waals surface area (Å²) in [6, 6.07) is 4.00. The predicted octanol–water partition coefficient (Wildman–Crippen LogP) is 3.04. The molecule has 0 atom stereocenters. The molecule has 0 aromatic heterocycles. The zero-order chi connectivity index (χ0) is 19.7. The Kier molecular flexibility index (Phi) is 5.51. The number of aliphatic carboxylic acids is 1. The molecule has 0 unspecified atom stereocenters. The van der Waals surface area contributed by atoms with Gasteiger partial charge in [0.2, 0.25) is 5.91 Å². The van der Waals surface area contributed by atoms with Gasteiger partial charge in [0.25, 0.3) is 0 Å². The Hall–Kier alpha value is -2.02. The van der Waals surface area contributed by atoms with Crippen LogP contribution in [0.15, 0.2) is 18.2 Å². The van der Waals surface area contributed by atoms with Gasteiger partial charge >= 0.3 is 5.97 Å². The van der Waals surface area contributed by atoms with Gasteiger partial charge in [0, 0.05) is 12.0 Å². The van der Waals surface area contributed by atoms with E-state index in [1.54, 1.807) is 0 Å². The Morgan fingerprint density at radius 1 is 1.15 bits per heavy atom. The number of carbonyl (C=O) groups excluding carboxylic acids is 1. The average molecular weight is 380 g/mol. The summed E-state index contributed by atoms with van der Waals surface area (Å²) >= 11 is 0. The topological polar surface area (TPSA) is 69.6 Å². The van der Waals surface area contributed by atoms with Crippen LogP contribution in [0.4, 0.5) is 8.78 Å². The van der Waals surface area contributed by atoms with Gasteiger partial charge in [-0.2, -0.15) is 0 Å². The fraction of sp³-hybridized carbons (Fsp3) is 0.600. The first kappa shape index (κ1) is 19.7. The molecule has 148 valence electrons. The second-order valence-electron chi connectivity index (χ2n) is 8.00. The number of nitrogens with one attached hydrogen (secondary N) is 1. The number of likely N-dealkylation sites (tertiary alicyclic amines) is 1. The molecule has 1 aliphatic heterocycles. The van der Waals surface area contributed by atoms with Crippen LogP contribution in [0.25, 0.3) is 0 Å². The van der Waals surface area contributed by atoms with E-state index < -0.39 is 34.5 Å². The molecule has 0 bridgehead atoms. The number of nitrogens with zero attached hydrogens (tertiary/aromatic N) is 1. The van der Waals surface area contributed by atoms with Crippen molar-refractivity contribution in [1.29, 1.82) is 0 Å². The van der Waals surface area contributed by atoms with E-state index in [0.29, 0.717) is 38.8 Å². The Labute approximate surface area is 157 Å². The van der Waals surface area contributed by atoms with E-state index in [1.165, 1.54) is 12.1 Å². The van der Waals surface area contributed by atoms with Crippen molar-refractivity contribution in [3.63, 3.8) is 0 Å². The highest BCUT2D eigenvalue weighted by atomic mass is 19.2. The van der Waals surface area contributed by atoms with Gasteiger partial charge in [-0.25, -0.2) is 8.78 Å². The first-order chi connectivity index (χ1) is 12.8. The molecule has 5 nitrogen and oxygen atoms in total. The van der Waals surface area contributed by atoms with E-state index in [9.17, 15) is 23.5 Å². The van der Waals surface area contributed by atoms with Crippen LogP contribution >= 0.6 is 0 Å². The smallest absolute Gasteiger partial charge is 0.310 e. The van der Waals surface area contributed by atoms with Gasteiger partial charge in [0.05, 0.1) is 11.0 Å². The highest BCUT2D eigenvalue weighted by Gasteiger charge is 2.45. The van der Waals surface area contributed by atoms with Crippen LogP contribution in [0, 0.1) is 17.0 Å². The van der Waals surface area contributed by atoms with Gasteiger partial charge in [-0.15, -0.1) is 0 Å². The zero-order valence-electron chi connectivity index (χ0n) is 15.6. The molecule has 2 fully saturated rings. The van der Waals surface area contributed by atoms with Crippen molar-refractivity contribution in [1.82, 2.24) is 10.2 Å². The van der Waals surface area contributed by atoms with Gasteiger partial charge in [0.1, 0.15) is 0 Å². The van der Waals surface area contributed by atoms with Crippen molar-refractivity contribution in [2.45, 2.75) is 50.5 Å². The van der Waals surface area contributed by atoms with E-state index in [-0.39, 0.29) is 12.0 Å². The van der Waals surface area contributed by atoms with Crippen molar-refractivity contribution >= 4 is 11.9 Å². The van der Waals surface area contributed by atoms with Crippen molar-refractivity contribution in [2.75, 3.05) is 20.1 Å². The third kappa shape index (κ3) is 3.83. The Morgan fingerprint density at radius 3 is 2.37 bits per heavy atom. The van der Waals surface area contributed by atoms with E-state index in [0.717, 1.165) is 18.9 Å². The molecule has 2 aliphatic rings. The van der Waals surface area contributed by atoms with Crippen LogP contribution in [0.3, 0.4) is 0 Å². The minimum absolute atomic E-state index is 0.144. The monoisotopic (exact) mass is 380 g/mol. The fourth-order valence-corrected chi connectivity index (χ4v) is 4.44. The first-order valence-electron chi connectivity index (χ1n) is 9.45. The van der Waals surface area contributed by atoms with Crippen LogP contribution in [0.2, 0.25) is 0 Å². The third-order valence-electron chi connectivity index (χ3n) is 6.20. The lowest BCUT2D eigenvalue weighted by atomic mass is 9.75. The molecule has 27 heavy (non-hydrogen) atoms. The number of benzene rings is 1. The molecule has 1 saturated heterocycles. The van der Waals surface area contributed by atoms with Crippen molar-refractivity contribution in [3.05, 3.63) is 35.4 Å². The summed E-state index contributed by atoms with van der Waals surface area (Å²) in [6.45, 7) is 1.23. The van der Waals surface area contributed by atoms with Crippen LogP contribution in [-0.2, 0) is 15.1 Å². The minimum Gasteiger partial charge on any atom is -0.481 e. The summed E-state index contributed by atoms with van der Waals surface area (Å²) in [7, 11) is 1.92. The van der Waals surface area contributed by atoms with E-state index in [4.69, 9.17) is 0 Å². The highest BCUT2D eigenvalue weighted by molar-refractivity contribution is 5.85. The Bertz CT molecular complexity index is 724. The molecule has 0 spiro atoms. The standard InChI is InChI=1S/C20H26F2N2O3/c1-24-11-9-19(10-12-24,18(26)27)13-16(25)23-20(7-2-3-8-20)14-5-4-6-15(21)17(14)22/h4-6H,2-3,7-13H2,1H3,(H,23,25)(H,26,27). The number of carboxylic acids is 1. The fourth-order valence-electron chi connectivity index (χ4n) is 4.44. The number of hydrogen-bond donors (Lipinski definition) is 2. The largest absolute Gasteiger partial charge is 0.481 e. The van der Waals surface area contributed by atoms with E-state index in [1.807, 2.05) is 11.9 Å². The molecular weight excluding hydrogens is 354 g/mol. The zero-order valence-corrected chi connectivity index (χ0v) is 15.6. The molecule has 1 saturated carbocycles. The normalized spacial score (nSPS) is 21.7. The number of carboxylic acid groups (broad SMARTS) is 1. The lowest BCUT2D eigenvalue weighted by Gasteiger charge is -2.38. The summed E-state index contributed by atoms with van der Waals surface area (Å²) in [5.74, 6) is -3.26. The maximum Gasteiger partial charge on any atom is 0.310 e. The number of amides is 1. The van der Waals surface area contributed by atoms with Crippen molar-refractivity contribution in [3.8, 4) is 0 Å². The molecule has 1 aromatic rings. The Morgan fingerprint density at radius 2 is 1.78 bits per heavy atom. The average Bonchev–Trinajstić information content (AvgIpc) is 3.08. The van der Waals surface area contributed by atoms with Gasteiger partial charge < -0.3 is 15.3 Å². The predicted molar refractivity (Wildman–Crippen MR) is 96.1 cm³/mol. The van der Waals surface area contributed by atoms with Crippen LogP contribution in [-0.4, -0.2) is 42.0 Å². The Balaban J connectivity index is 1.82. The molecule has 2 N–H and O–H groups in total. The lowest BCUT2D eigenvalue weighted by Crippen LogP contribution is -2.49. The second-order valence-corrected chi connectivity index (χ2v) is 8.00. The van der Waals surface area contributed by atoms with Gasteiger partial charge in [-0.3, -0.25) is 9.59 Å². The lowest BCUT2D eigenvalue weighted by molar-refractivity contribution is -0.155. The second kappa shape index (κ2) is 7.54. The van der Waals surface area contributed by atoms with Crippen LogP contribution in [0.5, 0.6) is 0 Å². The number of carbonyl (C=O) groups is 2. The summed E-state index contributed by atoms with van der Waals surface area (Å²) in [6.07, 6.45) is 3.27. The minimum atomic E-state index is -1.10. The van der Waals surface area contributed by atoms with Gasteiger partial charge in [-0.1, -0.05) is 25.0 Å². The number of piperidine rings is 1. The molecular formula is C20H26F2N2O3. The molecule has 1 heterocycles. The van der Waals surface area contributed by atoms with Gasteiger partial charge in [-0.05, 0) is 51.9 Å². The maximum atomic E-state index is 14.4.